The van der Waals surface area contributed by atoms with E-state index in [9.17, 15) is 4.79 Å². The Balaban J connectivity index is 1.66. The fourth-order valence-corrected chi connectivity index (χ4v) is 3.26. The molecule has 5 nitrogen and oxygen atoms in total. The number of thiazole rings is 1. The molecule has 1 aromatic carbocycles. The number of carbonyl (C=O) groups excluding carboxylic acids is 1. The number of imidazole rings is 1. The number of carbonyl (C=O) groups is 1. The molecule has 1 aliphatic heterocycles. The molecule has 2 aromatic heterocycles. The van der Waals surface area contributed by atoms with Crippen LogP contribution in [0.15, 0.2) is 30.6 Å². The number of ether oxygens (including phenoxy) is 2. The van der Waals surface area contributed by atoms with Gasteiger partial charge in [0.05, 0.1) is 6.20 Å². The fraction of sp³-hybridized carbons (Fsp3) is 0.143. The summed E-state index contributed by atoms with van der Waals surface area (Å²) in [5, 5.41) is 0. The first-order chi connectivity index (χ1) is 9.83. The molecule has 0 amide bonds. The lowest BCUT2D eigenvalue weighted by Gasteiger charge is -2.00. The van der Waals surface area contributed by atoms with Gasteiger partial charge in [-0.05, 0) is 17.7 Å². The van der Waals surface area contributed by atoms with E-state index in [-0.39, 0.29) is 6.79 Å². The van der Waals surface area contributed by atoms with Gasteiger partial charge < -0.3 is 9.47 Å². The van der Waals surface area contributed by atoms with E-state index in [1.165, 1.54) is 0 Å². The van der Waals surface area contributed by atoms with Crippen LogP contribution in [0.4, 0.5) is 0 Å². The Morgan fingerprint density at radius 3 is 3.15 bits per heavy atom. The van der Waals surface area contributed by atoms with Gasteiger partial charge in [0.25, 0.3) is 0 Å². The second-order valence-corrected chi connectivity index (χ2v) is 5.61. The molecule has 1 aliphatic rings. The van der Waals surface area contributed by atoms with E-state index in [2.05, 4.69) is 4.98 Å². The molecule has 0 unspecified atom stereocenters. The summed E-state index contributed by atoms with van der Waals surface area (Å²) in [6.07, 6.45) is 5.14. The van der Waals surface area contributed by atoms with Crippen molar-refractivity contribution in [2.45, 2.75) is 6.42 Å². The van der Waals surface area contributed by atoms with E-state index >= 15 is 0 Å². The number of hydrogen-bond acceptors (Lipinski definition) is 5. The maximum Gasteiger partial charge on any atom is 0.231 e. The monoisotopic (exact) mass is 286 g/mol. The molecular weight excluding hydrogens is 276 g/mol. The first-order valence-corrected chi connectivity index (χ1v) is 6.94. The van der Waals surface area contributed by atoms with Gasteiger partial charge in [-0.1, -0.05) is 6.07 Å². The van der Waals surface area contributed by atoms with Crippen molar-refractivity contribution >= 4 is 22.6 Å². The third-order valence-electron chi connectivity index (χ3n) is 3.22. The van der Waals surface area contributed by atoms with Crippen molar-refractivity contribution in [2.75, 3.05) is 6.79 Å². The molecule has 4 rings (SSSR count). The molecule has 0 radical (unpaired) electrons. The minimum atomic E-state index is 0.286. The molecule has 3 heterocycles. The van der Waals surface area contributed by atoms with Crippen LogP contribution in [0.3, 0.4) is 0 Å². The summed E-state index contributed by atoms with van der Waals surface area (Å²) in [5.41, 5.74) is 1.72. The quantitative estimate of drug-likeness (QED) is 0.694. The van der Waals surface area contributed by atoms with Gasteiger partial charge in [0.2, 0.25) is 6.79 Å². The van der Waals surface area contributed by atoms with E-state index in [4.69, 9.17) is 9.47 Å². The molecule has 0 N–H and O–H groups in total. The Kier molecular flexibility index (Phi) is 2.50. The number of hydrogen-bond donors (Lipinski definition) is 0. The summed E-state index contributed by atoms with van der Waals surface area (Å²) in [6, 6.07) is 5.94. The first kappa shape index (κ1) is 11.5. The summed E-state index contributed by atoms with van der Waals surface area (Å²) in [6.45, 7) is 0.286. The predicted molar refractivity (Wildman–Crippen MR) is 73.8 cm³/mol. The first-order valence-electron chi connectivity index (χ1n) is 6.13. The summed E-state index contributed by atoms with van der Waals surface area (Å²) in [5.74, 6) is 1.58. The van der Waals surface area contributed by atoms with Gasteiger partial charge in [0.15, 0.2) is 22.7 Å². The summed E-state index contributed by atoms with van der Waals surface area (Å²) < 4.78 is 12.5. The standard InChI is InChI=1S/C14H10N2O3S/c17-7-10-5-15-14-16(10)6-11(20-14)3-9-1-2-12-13(4-9)19-8-18-12/h1-2,4-7H,3,8H2. The lowest BCUT2D eigenvalue weighted by Crippen LogP contribution is -1.93. The van der Waals surface area contributed by atoms with Crippen LogP contribution in [0, 0.1) is 0 Å². The van der Waals surface area contributed by atoms with Crippen molar-refractivity contribution < 1.29 is 14.3 Å². The lowest BCUT2D eigenvalue weighted by molar-refractivity contribution is 0.111. The second-order valence-electron chi connectivity index (χ2n) is 4.52. The minimum Gasteiger partial charge on any atom is -0.454 e. The van der Waals surface area contributed by atoms with Gasteiger partial charge in [0.1, 0.15) is 5.69 Å². The fourth-order valence-electron chi connectivity index (χ4n) is 2.27. The van der Waals surface area contributed by atoms with E-state index < -0.39 is 0 Å². The lowest BCUT2D eigenvalue weighted by atomic mass is 10.1. The Morgan fingerprint density at radius 1 is 1.35 bits per heavy atom. The third kappa shape index (κ3) is 1.77. The molecule has 6 heteroatoms. The zero-order valence-electron chi connectivity index (χ0n) is 10.4. The Morgan fingerprint density at radius 2 is 2.25 bits per heavy atom. The van der Waals surface area contributed by atoms with E-state index in [0.717, 1.165) is 39.6 Å². The topological polar surface area (TPSA) is 52.8 Å². The molecule has 0 atom stereocenters. The second kappa shape index (κ2) is 4.35. The number of nitrogens with zero attached hydrogens (tertiary/aromatic N) is 2. The zero-order valence-corrected chi connectivity index (χ0v) is 11.2. The number of rotatable bonds is 3. The van der Waals surface area contributed by atoms with Crippen LogP contribution in [0.1, 0.15) is 20.9 Å². The summed E-state index contributed by atoms with van der Waals surface area (Å²) in [7, 11) is 0. The SMILES string of the molecule is O=Cc1cnc2sc(Cc3ccc4c(c3)OCO4)cn12. The number of benzene rings is 1. The molecule has 0 aliphatic carbocycles. The van der Waals surface area contributed by atoms with Crippen LogP contribution < -0.4 is 9.47 Å². The number of fused-ring (bicyclic) bond motifs is 2. The van der Waals surface area contributed by atoms with E-state index in [1.807, 2.05) is 28.8 Å². The van der Waals surface area contributed by atoms with Crippen molar-refractivity contribution in [1.29, 1.82) is 0 Å². The Labute approximate surface area is 118 Å². The van der Waals surface area contributed by atoms with Crippen molar-refractivity contribution in [2.24, 2.45) is 0 Å². The van der Waals surface area contributed by atoms with Gasteiger partial charge in [-0.3, -0.25) is 9.20 Å². The van der Waals surface area contributed by atoms with Crippen molar-refractivity contribution in [3.8, 4) is 11.5 Å². The van der Waals surface area contributed by atoms with Crippen LogP contribution in [-0.4, -0.2) is 22.5 Å². The Hall–Kier alpha value is -2.34. The van der Waals surface area contributed by atoms with Gasteiger partial charge in [-0.2, -0.15) is 0 Å². The maximum absolute atomic E-state index is 10.9. The molecule has 20 heavy (non-hydrogen) atoms. The van der Waals surface area contributed by atoms with Crippen LogP contribution >= 0.6 is 11.3 Å². The molecule has 0 fully saturated rings. The summed E-state index contributed by atoms with van der Waals surface area (Å²) >= 11 is 1.58. The zero-order chi connectivity index (χ0) is 13.5. The molecular formula is C14H10N2O3S. The highest BCUT2D eigenvalue weighted by Crippen LogP contribution is 2.33. The van der Waals surface area contributed by atoms with Crippen LogP contribution in [0.2, 0.25) is 0 Å². The highest BCUT2D eigenvalue weighted by molar-refractivity contribution is 7.17. The molecule has 0 bridgehead atoms. The van der Waals surface area contributed by atoms with E-state index in [1.54, 1.807) is 17.5 Å². The van der Waals surface area contributed by atoms with Crippen molar-refractivity contribution in [3.63, 3.8) is 0 Å². The van der Waals surface area contributed by atoms with Gasteiger partial charge in [-0.25, -0.2) is 4.98 Å². The average molecular weight is 286 g/mol. The van der Waals surface area contributed by atoms with Crippen LogP contribution in [0.25, 0.3) is 4.96 Å². The molecule has 0 saturated carbocycles. The predicted octanol–water partition coefficient (Wildman–Crippen LogP) is 2.53. The van der Waals surface area contributed by atoms with Gasteiger partial charge >= 0.3 is 0 Å². The number of aldehydes is 1. The third-order valence-corrected chi connectivity index (χ3v) is 4.22. The summed E-state index contributed by atoms with van der Waals surface area (Å²) in [4.78, 5) is 17.1. The molecule has 0 spiro atoms. The minimum absolute atomic E-state index is 0.286. The van der Waals surface area contributed by atoms with E-state index in [0.29, 0.717) is 5.69 Å². The van der Waals surface area contributed by atoms with Crippen LogP contribution in [-0.2, 0) is 6.42 Å². The highest BCUT2D eigenvalue weighted by atomic mass is 32.1. The van der Waals surface area contributed by atoms with Crippen LogP contribution in [0.5, 0.6) is 11.5 Å². The highest BCUT2D eigenvalue weighted by Gasteiger charge is 2.14. The smallest absolute Gasteiger partial charge is 0.231 e. The maximum atomic E-state index is 10.9. The Bertz CT molecular complexity index is 806. The molecule has 100 valence electrons. The molecule has 3 aromatic rings. The molecule has 0 saturated heterocycles. The largest absolute Gasteiger partial charge is 0.454 e. The average Bonchev–Trinajstić information content (AvgIpc) is 3.12. The van der Waals surface area contributed by atoms with Crippen molar-refractivity contribution in [3.05, 3.63) is 46.7 Å². The normalized spacial score (nSPS) is 13.0. The van der Waals surface area contributed by atoms with Gasteiger partial charge in [0, 0.05) is 17.5 Å². The number of aromatic nitrogens is 2. The van der Waals surface area contributed by atoms with Gasteiger partial charge in [-0.15, -0.1) is 11.3 Å². The van der Waals surface area contributed by atoms with Crippen molar-refractivity contribution in [1.82, 2.24) is 9.38 Å².